The molecule has 0 aliphatic carbocycles. The zero-order valence-electron chi connectivity index (χ0n) is 24.4. The summed E-state index contributed by atoms with van der Waals surface area (Å²) in [6.45, 7) is 0. The van der Waals surface area contributed by atoms with Crippen molar-refractivity contribution in [3.8, 4) is 45.3 Å². The summed E-state index contributed by atoms with van der Waals surface area (Å²) in [6, 6.07) is 46.5. The molecule has 2 aliphatic rings. The lowest BCUT2D eigenvalue weighted by atomic mass is 9.96. The summed E-state index contributed by atoms with van der Waals surface area (Å²) in [7, 11) is 0. The third-order valence-electron chi connectivity index (χ3n) is 9.01. The second-order valence-electron chi connectivity index (χ2n) is 11.7. The minimum atomic E-state index is -0.0178. The average Bonchev–Trinajstić information content (AvgIpc) is 3.11. The van der Waals surface area contributed by atoms with E-state index in [1.165, 1.54) is 0 Å². The van der Waals surface area contributed by atoms with E-state index in [2.05, 4.69) is 65.6 Å². The molecular weight excluding hydrogens is 570 g/mol. The topological polar surface area (TPSA) is 51.9 Å². The Morgan fingerprint density at radius 2 is 1.04 bits per heavy atom. The van der Waals surface area contributed by atoms with Crippen LogP contribution in [-0.4, -0.2) is 0 Å². The van der Waals surface area contributed by atoms with Gasteiger partial charge in [0.05, 0.1) is 22.1 Å². The molecule has 0 N–H and O–H groups in total. The monoisotopic (exact) mass is 593 g/mol. The van der Waals surface area contributed by atoms with Crippen molar-refractivity contribution in [3.63, 3.8) is 0 Å². The lowest BCUT2D eigenvalue weighted by Gasteiger charge is -2.37. The Kier molecular flexibility index (Phi) is 5.08. The molecule has 0 amide bonds. The van der Waals surface area contributed by atoms with Gasteiger partial charge in [0.25, 0.3) is 0 Å². The first-order chi connectivity index (χ1) is 22.7. The normalized spacial score (nSPS) is 12.7. The largest absolute Gasteiger partial charge is 0.456 e. The number of ether oxygens (including phenoxy) is 2. The zero-order valence-corrected chi connectivity index (χ0v) is 24.4. The first-order valence-corrected chi connectivity index (χ1v) is 15.2. The van der Waals surface area contributed by atoms with Crippen LogP contribution in [-0.2, 0) is 0 Å². The maximum atomic E-state index is 13.3. The quantitative estimate of drug-likeness (QED) is 0.187. The van der Waals surface area contributed by atoms with Crippen molar-refractivity contribution in [1.82, 2.24) is 0 Å². The van der Waals surface area contributed by atoms with Gasteiger partial charge in [-0.1, -0.05) is 66.7 Å². The fourth-order valence-electron chi connectivity index (χ4n) is 6.77. The second kappa shape index (κ2) is 9.34. The zero-order chi connectivity index (χ0) is 30.4. The predicted molar refractivity (Wildman–Crippen MR) is 183 cm³/mol. The van der Waals surface area contributed by atoms with Gasteiger partial charge in [-0.15, -0.1) is 0 Å². The van der Waals surface area contributed by atoms with Gasteiger partial charge in [0.15, 0.2) is 23.0 Å². The van der Waals surface area contributed by atoms with Gasteiger partial charge >= 0.3 is 0 Å². The smallest absolute Gasteiger partial charge is 0.200 e. The highest BCUT2D eigenvalue weighted by Gasteiger charge is 2.34. The Labute approximate surface area is 263 Å². The Balaban J connectivity index is 1.06. The molecule has 0 radical (unpaired) electrons. The van der Waals surface area contributed by atoms with E-state index in [0.717, 1.165) is 73.1 Å². The lowest BCUT2D eigenvalue weighted by molar-refractivity contribution is 0.446. The Morgan fingerprint density at radius 1 is 0.435 bits per heavy atom. The molecule has 7 aromatic carbocycles. The van der Waals surface area contributed by atoms with Crippen LogP contribution in [0.25, 0.3) is 55.0 Å². The van der Waals surface area contributed by atoms with Gasteiger partial charge in [-0.3, -0.25) is 9.69 Å². The number of hydrogen-bond acceptors (Lipinski definition) is 5. The highest BCUT2D eigenvalue weighted by atomic mass is 16.5. The molecule has 2 aliphatic heterocycles. The third-order valence-corrected chi connectivity index (χ3v) is 9.01. The summed E-state index contributed by atoms with van der Waals surface area (Å²) < 4.78 is 18.7. The van der Waals surface area contributed by atoms with Crippen LogP contribution in [0, 0.1) is 0 Å². The maximum absolute atomic E-state index is 13.3. The molecule has 5 heteroatoms. The van der Waals surface area contributed by atoms with Crippen molar-refractivity contribution in [2.24, 2.45) is 0 Å². The van der Waals surface area contributed by atoms with E-state index in [1.807, 2.05) is 78.9 Å². The van der Waals surface area contributed by atoms with Crippen LogP contribution in [0.2, 0.25) is 0 Å². The predicted octanol–water partition coefficient (Wildman–Crippen LogP) is 11.1. The molecule has 0 saturated carbocycles. The van der Waals surface area contributed by atoms with Crippen LogP contribution >= 0.6 is 0 Å². The summed E-state index contributed by atoms with van der Waals surface area (Å²) in [5.41, 5.74) is 8.18. The lowest BCUT2D eigenvalue weighted by Crippen LogP contribution is -2.20. The molecular formula is C41H23NO4. The Bertz CT molecular complexity index is 2640. The molecule has 216 valence electrons. The molecule has 46 heavy (non-hydrogen) atoms. The summed E-state index contributed by atoms with van der Waals surface area (Å²) in [6.07, 6.45) is 0. The number of hydrogen-bond donors (Lipinski definition) is 0. The fourth-order valence-corrected chi connectivity index (χ4v) is 6.77. The first kappa shape index (κ1) is 25.0. The van der Waals surface area contributed by atoms with E-state index >= 15 is 0 Å². The second-order valence-corrected chi connectivity index (χ2v) is 11.7. The van der Waals surface area contributed by atoms with E-state index in [0.29, 0.717) is 21.9 Å². The highest BCUT2D eigenvalue weighted by molar-refractivity contribution is 5.97. The Morgan fingerprint density at radius 3 is 1.89 bits per heavy atom. The van der Waals surface area contributed by atoms with Crippen LogP contribution in [0.1, 0.15) is 0 Å². The molecule has 8 aromatic rings. The van der Waals surface area contributed by atoms with E-state index in [9.17, 15) is 4.79 Å². The standard InChI is InChI=1S/C41H23NO4/c43-41-30-6-1-3-8-34(30)44-35-19-17-27(22-31(35)41)25-14-12-24-13-15-26(21-29(24)20-25)28-16-18-33-39(23-28)46-38-11-5-10-37-40(38)42(33)32-7-2-4-9-36(32)45-37/h1-23H. The number of anilines is 3. The minimum Gasteiger partial charge on any atom is -0.456 e. The molecule has 0 bridgehead atoms. The third kappa shape index (κ3) is 3.66. The van der Waals surface area contributed by atoms with Crippen molar-refractivity contribution in [3.05, 3.63) is 150 Å². The Hall–Kier alpha value is -6.33. The van der Waals surface area contributed by atoms with E-state index in [4.69, 9.17) is 13.9 Å². The van der Waals surface area contributed by atoms with Crippen molar-refractivity contribution < 1.29 is 13.9 Å². The number of para-hydroxylation sites is 4. The van der Waals surface area contributed by atoms with Crippen molar-refractivity contribution in [1.29, 1.82) is 0 Å². The molecule has 1 aromatic heterocycles. The molecule has 3 heterocycles. The maximum Gasteiger partial charge on any atom is 0.200 e. The van der Waals surface area contributed by atoms with E-state index in [-0.39, 0.29) is 5.43 Å². The summed E-state index contributed by atoms with van der Waals surface area (Å²) >= 11 is 0. The number of fused-ring (bicyclic) bond motifs is 7. The van der Waals surface area contributed by atoms with Gasteiger partial charge in [-0.25, -0.2) is 0 Å². The van der Waals surface area contributed by atoms with Crippen LogP contribution in [0.4, 0.5) is 17.1 Å². The van der Waals surface area contributed by atoms with E-state index < -0.39 is 0 Å². The summed E-state index contributed by atoms with van der Waals surface area (Å²) in [5, 5.41) is 3.41. The number of nitrogens with zero attached hydrogens (tertiary/aromatic N) is 1. The number of benzene rings is 7. The van der Waals surface area contributed by atoms with Crippen molar-refractivity contribution >= 4 is 49.8 Å². The van der Waals surface area contributed by atoms with Gasteiger partial charge in [0.1, 0.15) is 16.9 Å². The molecule has 0 atom stereocenters. The first-order valence-electron chi connectivity index (χ1n) is 15.2. The van der Waals surface area contributed by atoms with Crippen LogP contribution < -0.4 is 19.8 Å². The average molecular weight is 594 g/mol. The van der Waals surface area contributed by atoms with Gasteiger partial charge in [0.2, 0.25) is 5.43 Å². The van der Waals surface area contributed by atoms with Gasteiger partial charge in [-0.2, -0.15) is 0 Å². The fraction of sp³-hybridized carbons (Fsp3) is 0. The molecule has 0 saturated heterocycles. The molecule has 10 rings (SSSR count). The molecule has 0 unspecified atom stereocenters. The van der Waals surface area contributed by atoms with Gasteiger partial charge in [-0.05, 0) is 106 Å². The van der Waals surface area contributed by atoms with Crippen LogP contribution in [0.15, 0.2) is 149 Å². The van der Waals surface area contributed by atoms with Gasteiger partial charge in [0, 0.05) is 0 Å². The minimum absolute atomic E-state index is 0.0178. The summed E-state index contributed by atoms with van der Waals surface area (Å²) in [4.78, 5) is 15.5. The summed E-state index contributed by atoms with van der Waals surface area (Å²) in [5.74, 6) is 3.14. The van der Waals surface area contributed by atoms with Crippen molar-refractivity contribution in [2.45, 2.75) is 0 Å². The number of rotatable bonds is 2. The molecule has 0 spiro atoms. The highest BCUT2D eigenvalue weighted by Crippen LogP contribution is 2.59. The SMILES string of the molecule is O=c1c2ccccc2oc2ccc(-c3ccc4ccc(-c5ccc6c(c5)Oc5cccc7c5N6c5ccccc5O7)cc4c3)cc12. The molecule has 0 fully saturated rings. The molecule has 5 nitrogen and oxygen atoms in total. The van der Waals surface area contributed by atoms with Crippen LogP contribution in [0.5, 0.6) is 23.0 Å². The van der Waals surface area contributed by atoms with Crippen molar-refractivity contribution in [2.75, 3.05) is 4.90 Å². The van der Waals surface area contributed by atoms with Crippen LogP contribution in [0.3, 0.4) is 0 Å². The van der Waals surface area contributed by atoms with E-state index in [1.54, 1.807) is 0 Å². The van der Waals surface area contributed by atoms with Gasteiger partial charge < -0.3 is 13.9 Å².